The average molecular weight is 368 g/mol. The third kappa shape index (κ3) is 3.15. The second kappa shape index (κ2) is 7.01. The number of carbonyl (C=O) groups excluding carboxylic acids is 1. The minimum Gasteiger partial charge on any atom is -0.394 e. The summed E-state index contributed by atoms with van der Waals surface area (Å²) in [7, 11) is 0. The number of hydrogen-bond donors (Lipinski definition) is 2. The summed E-state index contributed by atoms with van der Waals surface area (Å²) in [6, 6.07) is 9.84. The third-order valence-electron chi connectivity index (χ3n) is 4.70. The molecule has 1 amide bonds. The first kappa shape index (κ1) is 16.9. The number of aliphatic hydroxyl groups is 1. The van der Waals surface area contributed by atoms with Gasteiger partial charge in [0.05, 0.1) is 22.9 Å². The van der Waals surface area contributed by atoms with Crippen LogP contribution in [0.15, 0.2) is 36.7 Å². The molecule has 6 nitrogen and oxygen atoms in total. The highest BCUT2D eigenvalue weighted by molar-refractivity contribution is 7.20. The van der Waals surface area contributed by atoms with Gasteiger partial charge in [-0.1, -0.05) is 17.7 Å². The van der Waals surface area contributed by atoms with Gasteiger partial charge in [-0.05, 0) is 38.0 Å². The molecule has 2 aromatic heterocycles. The molecule has 0 unspecified atom stereocenters. The van der Waals surface area contributed by atoms with E-state index >= 15 is 0 Å². The van der Waals surface area contributed by atoms with Gasteiger partial charge in [0.1, 0.15) is 17.0 Å². The van der Waals surface area contributed by atoms with Crippen LogP contribution in [0.4, 0.5) is 11.5 Å². The molecule has 4 rings (SSSR count). The molecule has 0 saturated carbocycles. The van der Waals surface area contributed by atoms with Crippen molar-refractivity contribution >= 4 is 39.0 Å². The Morgan fingerprint density at radius 3 is 2.92 bits per heavy atom. The van der Waals surface area contributed by atoms with Crippen LogP contribution in [0.1, 0.15) is 28.1 Å². The summed E-state index contributed by atoms with van der Waals surface area (Å²) < 4.78 is 0. The van der Waals surface area contributed by atoms with Gasteiger partial charge in [-0.25, -0.2) is 9.97 Å². The van der Waals surface area contributed by atoms with Crippen molar-refractivity contribution in [3.05, 3.63) is 47.1 Å². The predicted octanol–water partition coefficient (Wildman–Crippen LogP) is 3.34. The Kier molecular flexibility index (Phi) is 4.57. The number of nitrogens with one attached hydrogen (secondary N) is 1. The van der Waals surface area contributed by atoms with Crippen LogP contribution in [0, 0.1) is 6.92 Å². The smallest absolute Gasteiger partial charge is 0.264 e. The Bertz CT molecular complexity index is 938. The summed E-state index contributed by atoms with van der Waals surface area (Å²) in [6.07, 6.45) is 3.30. The number of rotatable bonds is 4. The summed E-state index contributed by atoms with van der Waals surface area (Å²) in [5.74, 6) is 0.653. The predicted molar refractivity (Wildman–Crippen MR) is 103 cm³/mol. The summed E-state index contributed by atoms with van der Waals surface area (Å²) in [4.78, 5) is 24.7. The number of fused-ring (bicyclic) bond motifs is 1. The molecule has 0 radical (unpaired) electrons. The molecule has 0 spiro atoms. The molecule has 1 atom stereocenters. The number of benzene rings is 1. The van der Waals surface area contributed by atoms with Crippen molar-refractivity contribution in [2.45, 2.75) is 25.8 Å². The lowest BCUT2D eigenvalue weighted by Gasteiger charge is -2.22. The zero-order valence-electron chi connectivity index (χ0n) is 14.5. The molecule has 1 aliphatic heterocycles. The van der Waals surface area contributed by atoms with Crippen LogP contribution in [0.2, 0.25) is 0 Å². The molecular formula is C19H20N4O2S. The Morgan fingerprint density at radius 1 is 1.35 bits per heavy atom. The lowest BCUT2D eigenvalue weighted by Crippen LogP contribution is -2.37. The minimum atomic E-state index is -0.0797. The van der Waals surface area contributed by atoms with Gasteiger partial charge in [0, 0.05) is 12.2 Å². The summed E-state index contributed by atoms with van der Waals surface area (Å²) in [5, 5.41) is 13.6. The molecule has 1 aliphatic rings. The lowest BCUT2D eigenvalue weighted by atomic mass is 10.2. The van der Waals surface area contributed by atoms with E-state index in [0.717, 1.165) is 28.7 Å². The molecule has 26 heavy (non-hydrogen) atoms. The molecule has 3 aromatic rings. The van der Waals surface area contributed by atoms with Crippen LogP contribution in [-0.2, 0) is 0 Å². The van der Waals surface area contributed by atoms with Crippen LogP contribution >= 0.6 is 11.3 Å². The fraction of sp³-hybridized carbons (Fsp3) is 0.316. The van der Waals surface area contributed by atoms with Gasteiger partial charge >= 0.3 is 0 Å². The highest BCUT2D eigenvalue weighted by atomic mass is 32.1. The van der Waals surface area contributed by atoms with E-state index in [0.29, 0.717) is 17.2 Å². The van der Waals surface area contributed by atoms with Crippen molar-refractivity contribution in [3.8, 4) is 0 Å². The largest absolute Gasteiger partial charge is 0.394 e. The van der Waals surface area contributed by atoms with Gasteiger partial charge in [-0.15, -0.1) is 11.3 Å². The van der Waals surface area contributed by atoms with Crippen LogP contribution in [0.25, 0.3) is 10.2 Å². The zero-order valence-corrected chi connectivity index (χ0v) is 15.3. The van der Waals surface area contributed by atoms with E-state index in [1.807, 2.05) is 37.3 Å². The van der Waals surface area contributed by atoms with Crippen LogP contribution in [0.5, 0.6) is 0 Å². The number of aliphatic hydroxyl groups excluding tert-OH is 1. The average Bonchev–Trinajstić information content (AvgIpc) is 3.30. The van der Waals surface area contributed by atoms with Gasteiger partial charge in [-0.2, -0.15) is 0 Å². The quantitative estimate of drug-likeness (QED) is 0.738. The van der Waals surface area contributed by atoms with Crippen molar-refractivity contribution in [2.75, 3.05) is 18.5 Å². The molecule has 1 fully saturated rings. The maximum absolute atomic E-state index is 12.8. The first-order valence-corrected chi connectivity index (χ1v) is 9.47. The number of aromatic nitrogens is 2. The molecule has 134 valence electrons. The number of likely N-dealkylation sites (tertiary alicyclic amines) is 1. The maximum Gasteiger partial charge on any atom is 0.264 e. The lowest BCUT2D eigenvalue weighted by molar-refractivity contribution is 0.0682. The minimum absolute atomic E-state index is 0.0106. The Morgan fingerprint density at radius 2 is 2.15 bits per heavy atom. The zero-order chi connectivity index (χ0) is 18.1. The number of thiophene rings is 1. The summed E-state index contributed by atoms with van der Waals surface area (Å²) in [6.45, 7) is 2.75. The molecule has 2 N–H and O–H groups in total. The van der Waals surface area contributed by atoms with Crippen LogP contribution in [-0.4, -0.2) is 45.1 Å². The second-order valence-electron chi connectivity index (χ2n) is 6.52. The van der Waals surface area contributed by atoms with E-state index in [1.165, 1.54) is 23.2 Å². The van der Waals surface area contributed by atoms with E-state index in [4.69, 9.17) is 0 Å². The van der Waals surface area contributed by atoms with Gasteiger partial charge in [0.25, 0.3) is 5.91 Å². The van der Waals surface area contributed by atoms with Gasteiger partial charge in [-0.3, -0.25) is 4.79 Å². The molecular weight excluding hydrogens is 348 g/mol. The van der Waals surface area contributed by atoms with Crippen molar-refractivity contribution < 1.29 is 9.90 Å². The number of amides is 1. The Labute approximate surface area is 155 Å². The van der Waals surface area contributed by atoms with E-state index in [2.05, 4.69) is 15.3 Å². The van der Waals surface area contributed by atoms with E-state index in [1.54, 1.807) is 4.90 Å². The molecule has 1 saturated heterocycles. The van der Waals surface area contributed by atoms with Gasteiger partial charge in [0.15, 0.2) is 0 Å². The standard InChI is InChI=1S/C19H20N4O2S/c1-12-4-6-13(7-5-12)22-17-15-9-16(26-18(15)21-11-20-17)19(25)23-8-2-3-14(23)10-24/h4-7,9,11,14,24H,2-3,8,10H2,1H3,(H,20,21,22)/t14-/m0/s1. The fourth-order valence-electron chi connectivity index (χ4n) is 3.27. The van der Waals surface area contributed by atoms with Crippen molar-refractivity contribution in [2.24, 2.45) is 0 Å². The maximum atomic E-state index is 12.8. The Hall–Kier alpha value is -2.51. The van der Waals surface area contributed by atoms with Crippen LogP contribution in [0.3, 0.4) is 0 Å². The normalized spacial score (nSPS) is 17.0. The monoisotopic (exact) mass is 368 g/mol. The number of anilines is 2. The highest BCUT2D eigenvalue weighted by Gasteiger charge is 2.30. The number of aryl methyl sites for hydroxylation is 1. The molecule has 1 aromatic carbocycles. The number of nitrogens with zero attached hydrogens (tertiary/aromatic N) is 3. The van der Waals surface area contributed by atoms with Crippen molar-refractivity contribution in [3.63, 3.8) is 0 Å². The molecule has 0 bridgehead atoms. The van der Waals surface area contributed by atoms with Gasteiger partial charge in [0.2, 0.25) is 0 Å². The second-order valence-corrected chi connectivity index (χ2v) is 7.55. The molecule has 7 heteroatoms. The molecule has 3 heterocycles. The summed E-state index contributed by atoms with van der Waals surface area (Å²) in [5.41, 5.74) is 2.13. The topological polar surface area (TPSA) is 78.4 Å². The van der Waals surface area contributed by atoms with E-state index in [-0.39, 0.29) is 18.6 Å². The van der Waals surface area contributed by atoms with Crippen molar-refractivity contribution in [1.82, 2.24) is 14.9 Å². The number of carbonyl (C=O) groups is 1. The SMILES string of the molecule is Cc1ccc(Nc2ncnc3sc(C(=O)N4CCC[C@H]4CO)cc23)cc1. The first-order valence-electron chi connectivity index (χ1n) is 8.66. The highest BCUT2D eigenvalue weighted by Crippen LogP contribution is 2.32. The summed E-state index contributed by atoms with van der Waals surface area (Å²) >= 11 is 1.37. The Balaban J connectivity index is 1.65. The van der Waals surface area contributed by atoms with Gasteiger partial charge < -0.3 is 15.3 Å². The first-order chi connectivity index (χ1) is 12.7. The van der Waals surface area contributed by atoms with Crippen molar-refractivity contribution in [1.29, 1.82) is 0 Å². The van der Waals surface area contributed by atoms with E-state index in [9.17, 15) is 9.90 Å². The number of hydrogen-bond acceptors (Lipinski definition) is 6. The van der Waals surface area contributed by atoms with E-state index < -0.39 is 0 Å². The third-order valence-corrected chi connectivity index (χ3v) is 5.73. The van der Waals surface area contributed by atoms with Crippen LogP contribution < -0.4 is 5.32 Å². The fourth-order valence-corrected chi connectivity index (χ4v) is 4.22. The molecule has 0 aliphatic carbocycles.